The second-order valence-corrected chi connectivity index (χ2v) is 8.10. The maximum absolute atomic E-state index is 13.2. The van der Waals surface area contributed by atoms with Crippen molar-refractivity contribution >= 4 is 11.8 Å². The van der Waals surface area contributed by atoms with E-state index in [1.807, 2.05) is 83.1 Å². The predicted octanol–water partition coefficient (Wildman–Crippen LogP) is 4.45. The number of hydrogen-bond acceptors (Lipinski definition) is 3. The molecule has 0 spiro atoms. The normalized spacial score (nSPS) is 12.7. The first-order valence-corrected chi connectivity index (χ1v) is 11.2. The largest absolute Gasteiger partial charge is 0.484 e. The van der Waals surface area contributed by atoms with E-state index in [2.05, 4.69) is 5.32 Å². The molecule has 0 bridgehead atoms. The van der Waals surface area contributed by atoms with E-state index < -0.39 is 6.04 Å². The third-order valence-electron chi connectivity index (χ3n) is 5.71. The summed E-state index contributed by atoms with van der Waals surface area (Å²) in [6, 6.07) is 15.3. The van der Waals surface area contributed by atoms with Crippen LogP contribution in [-0.2, 0) is 16.0 Å². The average molecular weight is 425 g/mol. The van der Waals surface area contributed by atoms with E-state index in [-0.39, 0.29) is 24.5 Å². The SMILES string of the molecule is CC[C@H](C)NC(=O)[C@H](CC)N(CCc1ccccc1)C(=O)COc1ccc(C)c(C)c1. The lowest BCUT2D eigenvalue weighted by Crippen LogP contribution is -2.52. The van der Waals surface area contributed by atoms with Gasteiger partial charge >= 0.3 is 0 Å². The van der Waals surface area contributed by atoms with E-state index in [0.717, 1.165) is 17.5 Å². The van der Waals surface area contributed by atoms with Crippen LogP contribution in [0.4, 0.5) is 0 Å². The van der Waals surface area contributed by atoms with E-state index in [1.54, 1.807) is 4.90 Å². The van der Waals surface area contributed by atoms with Crippen LogP contribution in [0.5, 0.6) is 5.75 Å². The minimum atomic E-state index is -0.520. The zero-order valence-corrected chi connectivity index (χ0v) is 19.5. The van der Waals surface area contributed by atoms with Crippen molar-refractivity contribution in [3.05, 3.63) is 65.2 Å². The number of nitrogens with one attached hydrogen (secondary N) is 1. The smallest absolute Gasteiger partial charge is 0.261 e. The van der Waals surface area contributed by atoms with E-state index >= 15 is 0 Å². The molecule has 0 unspecified atom stereocenters. The fourth-order valence-electron chi connectivity index (χ4n) is 3.37. The quantitative estimate of drug-likeness (QED) is 0.580. The number of ether oxygens (including phenoxy) is 1. The molecule has 0 aliphatic heterocycles. The molecule has 2 aromatic rings. The topological polar surface area (TPSA) is 58.6 Å². The lowest BCUT2D eigenvalue weighted by Gasteiger charge is -2.31. The van der Waals surface area contributed by atoms with Gasteiger partial charge in [-0.2, -0.15) is 0 Å². The number of amides is 2. The first-order chi connectivity index (χ1) is 14.8. The number of nitrogens with zero attached hydrogens (tertiary/aromatic N) is 1. The highest BCUT2D eigenvalue weighted by molar-refractivity contribution is 5.88. The molecule has 0 aliphatic rings. The Morgan fingerprint density at radius 1 is 1.00 bits per heavy atom. The van der Waals surface area contributed by atoms with Gasteiger partial charge in [-0.05, 0) is 68.9 Å². The lowest BCUT2D eigenvalue weighted by atomic mass is 10.1. The van der Waals surface area contributed by atoms with Crippen LogP contribution in [0.1, 0.15) is 50.3 Å². The molecule has 31 heavy (non-hydrogen) atoms. The molecule has 2 atom stereocenters. The molecule has 0 aromatic heterocycles. The molecule has 2 aromatic carbocycles. The van der Waals surface area contributed by atoms with Crippen LogP contribution in [0.2, 0.25) is 0 Å². The van der Waals surface area contributed by atoms with Crippen molar-refractivity contribution in [2.75, 3.05) is 13.2 Å². The van der Waals surface area contributed by atoms with Crippen LogP contribution in [0, 0.1) is 13.8 Å². The molecule has 0 radical (unpaired) electrons. The van der Waals surface area contributed by atoms with Crippen LogP contribution in [-0.4, -0.2) is 41.9 Å². The van der Waals surface area contributed by atoms with E-state index in [1.165, 1.54) is 5.56 Å². The fourth-order valence-corrected chi connectivity index (χ4v) is 3.37. The van der Waals surface area contributed by atoms with Crippen molar-refractivity contribution in [3.8, 4) is 5.75 Å². The number of benzene rings is 2. The van der Waals surface area contributed by atoms with Crippen molar-refractivity contribution in [2.24, 2.45) is 0 Å². The monoisotopic (exact) mass is 424 g/mol. The molecule has 0 saturated heterocycles. The Bertz CT molecular complexity index is 851. The fraction of sp³-hybridized carbons (Fsp3) is 0.462. The maximum Gasteiger partial charge on any atom is 0.261 e. The molecule has 1 N–H and O–H groups in total. The summed E-state index contributed by atoms with van der Waals surface area (Å²) < 4.78 is 5.79. The summed E-state index contributed by atoms with van der Waals surface area (Å²) in [6.07, 6.45) is 2.08. The Kier molecular flexibility index (Phi) is 9.57. The molecule has 2 rings (SSSR count). The van der Waals surface area contributed by atoms with Crippen molar-refractivity contribution < 1.29 is 14.3 Å². The Labute approximate surface area is 186 Å². The number of aryl methyl sites for hydroxylation is 2. The van der Waals surface area contributed by atoms with E-state index in [0.29, 0.717) is 25.1 Å². The van der Waals surface area contributed by atoms with E-state index in [9.17, 15) is 9.59 Å². The van der Waals surface area contributed by atoms with E-state index in [4.69, 9.17) is 4.74 Å². The molecule has 0 saturated carbocycles. The van der Waals surface area contributed by atoms with Gasteiger partial charge in [-0.1, -0.05) is 50.2 Å². The van der Waals surface area contributed by atoms with Crippen LogP contribution >= 0.6 is 0 Å². The summed E-state index contributed by atoms with van der Waals surface area (Å²) in [5, 5.41) is 3.03. The number of hydrogen-bond donors (Lipinski definition) is 1. The average Bonchev–Trinajstić information content (AvgIpc) is 2.77. The van der Waals surface area contributed by atoms with Crippen molar-refractivity contribution in [1.29, 1.82) is 0 Å². The summed E-state index contributed by atoms with van der Waals surface area (Å²) in [7, 11) is 0. The zero-order chi connectivity index (χ0) is 22.8. The Morgan fingerprint density at radius 2 is 1.71 bits per heavy atom. The molecule has 2 amide bonds. The van der Waals surface area contributed by atoms with Gasteiger partial charge in [0, 0.05) is 12.6 Å². The molecular formula is C26H36N2O3. The molecule has 5 nitrogen and oxygen atoms in total. The highest BCUT2D eigenvalue weighted by Crippen LogP contribution is 2.17. The summed E-state index contributed by atoms with van der Waals surface area (Å²) in [5.74, 6) is 0.376. The zero-order valence-electron chi connectivity index (χ0n) is 19.5. The lowest BCUT2D eigenvalue weighted by molar-refractivity contribution is -0.142. The third kappa shape index (κ3) is 7.42. The van der Waals surface area contributed by atoms with Crippen LogP contribution < -0.4 is 10.1 Å². The molecule has 0 heterocycles. The van der Waals surface area contributed by atoms with Gasteiger partial charge in [-0.15, -0.1) is 0 Å². The second-order valence-electron chi connectivity index (χ2n) is 8.10. The summed E-state index contributed by atoms with van der Waals surface area (Å²) in [4.78, 5) is 27.8. The maximum atomic E-state index is 13.2. The first-order valence-electron chi connectivity index (χ1n) is 11.2. The van der Waals surface area contributed by atoms with Crippen molar-refractivity contribution in [1.82, 2.24) is 10.2 Å². The number of rotatable bonds is 11. The summed E-state index contributed by atoms with van der Waals surface area (Å²) in [6.45, 7) is 10.4. The van der Waals surface area contributed by atoms with Crippen molar-refractivity contribution in [2.45, 2.75) is 66.0 Å². The van der Waals surface area contributed by atoms with Crippen LogP contribution in [0.15, 0.2) is 48.5 Å². The highest BCUT2D eigenvalue weighted by Gasteiger charge is 2.29. The van der Waals surface area contributed by atoms with Gasteiger partial charge in [0.1, 0.15) is 11.8 Å². The van der Waals surface area contributed by atoms with Gasteiger partial charge in [-0.25, -0.2) is 0 Å². The van der Waals surface area contributed by atoms with Crippen LogP contribution in [0.25, 0.3) is 0 Å². The number of carbonyl (C=O) groups is 2. The van der Waals surface area contributed by atoms with Gasteiger partial charge in [0.25, 0.3) is 5.91 Å². The van der Waals surface area contributed by atoms with Gasteiger partial charge in [-0.3, -0.25) is 9.59 Å². The highest BCUT2D eigenvalue weighted by atomic mass is 16.5. The van der Waals surface area contributed by atoms with Gasteiger partial charge in [0.2, 0.25) is 5.91 Å². The Balaban J connectivity index is 2.14. The standard InChI is InChI=1S/C26H36N2O3/c1-6-21(5)27-26(30)24(7-2)28(16-15-22-11-9-8-10-12-22)25(29)18-31-23-14-13-19(3)20(4)17-23/h8-14,17,21,24H,6-7,15-16,18H2,1-5H3,(H,27,30)/t21-,24-/m0/s1. The molecule has 0 fully saturated rings. The Hall–Kier alpha value is -2.82. The molecular weight excluding hydrogens is 388 g/mol. The Morgan fingerprint density at radius 3 is 2.32 bits per heavy atom. The van der Waals surface area contributed by atoms with Gasteiger partial charge < -0.3 is 15.0 Å². The predicted molar refractivity (Wildman–Crippen MR) is 125 cm³/mol. The van der Waals surface area contributed by atoms with Gasteiger partial charge in [0.15, 0.2) is 6.61 Å². The third-order valence-corrected chi connectivity index (χ3v) is 5.71. The molecule has 0 aliphatic carbocycles. The minimum absolute atomic E-state index is 0.0689. The summed E-state index contributed by atoms with van der Waals surface area (Å²) in [5.41, 5.74) is 3.42. The second kappa shape index (κ2) is 12.1. The number of carbonyl (C=O) groups excluding carboxylic acids is 2. The summed E-state index contributed by atoms with van der Waals surface area (Å²) >= 11 is 0. The van der Waals surface area contributed by atoms with Gasteiger partial charge in [0.05, 0.1) is 0 Å². The van der Waals surface area contributed by atoms with Crippen molar-refractivity contribution in [3.63, 3.8) is 0 Å². The first kappa shape index (κ1) is 24.4. The van der Waals surface area contributed by atoms with Crippen LogP contribution in [0.3, 0.4) is 0 Å². The minimum Gasteiger partial charge on any atom is -0.484 e. The molecule has 5 heteroatoms. The molecule has 168 valence electrons.